The minimum atomic E-state index is -3.80. The first-order chi connectivity index (χ1) is 19.1. The van der Waals surface area contributed by atoms with Gasteiger partial charge in [0.05, 0.1) is 11.9 Å². The first-order valence-electron chi connectivity index (χ1n) is 13.2. The monoisotopic (exact) mass is 693 g/mol. The topological polar surface area (TPSA) is 86.8 Å². The Bertz CT molecular complexity index is 1410. The highest BCUT2D eigenvalue weighted by molar-refractivity contribution is 14.1. The van der Waals surface area contributed by atoms with Crippen LogP contribution in [0, 0.1) is 3.57 Å². The van der Waals surface area contributed by atoms with Crippen molar-refractivity contribution in [3.05, 3.63) is 98.6 Å². The van der Waals surface area contributed by atoms with E-state index in [9.17, 15) is 18.0 Å². The number of rotatable bonds is 11. The number of halogens is 2. The lowest BCUT2D eigenvalue weighted by atomic mass is 10.0. The summed E-state index contributed by atoms with van der Waals surface area (Å²) in [6, 6.07) is 22.8. The van der Waals surface area contributed by atoms with Gasteiger partial charge in [0.15, 0.2) is 0 Å². The summed E-state index contributed by atoms with van der Waals surface area (Å²) < 4.78 is 27.7. The first-order valence-corrected chi connectivity index (χ1v) is 16.5. The van der Waals surface area contributed by atoms with Crippen LogP contribution in [0.25, 0.3) is 0 Å². The highest BCUT2D eigenvalue weighted by Gasteiger charge is 2.34. The van der Waals surface area contributed by atoms with E-state index in [1.807, 2.05) is 36.4 Å². The second kappa shape index (κ2) is 13.8. The lowest BCUT2D eigenvalue weighted by Crippen LogP contribution is -2.54. The van der Waals surface area contributed by atoms with E-state index in [2.05, 4.69) is 27.9 Å². The molecule has 0 radical (unpaired) electrons. The summed E-state index contributed by atoms with van der Waals surface area (Å²) in [5.74, 6) is -0.724. The van der Waals surface area contributed by atoms with Crippen molar-refractivity contribution in [2.45, 2.75) is 50.7 Å². The predicted octanol–water partition coefficient (Wildman–Crippen LogP) is 5.41. The largest absolute Gasteiger partial charge is 0.352 e. The van der Waals surface area contributed by atoms with E-state index in [1.165, 1.54) is 4.90 Å². The molecule has 10 heteroatoms. The van der Waals surface area contributed by atoms with Gasteiger partial charge < -0.3 is 10.2 Å². The van der Waals surface area contributed by atoms with Gasteiger partial charge in [-0.2, -0.15) is 0 Å². The Hall–Kier alpha value is -2.63. The summed E-state index contributed by atoms with van der Waals surface area (Å²) in [6.45, 7) is -0.346. The number of anilines is 1. The molecule has 7 nitrogen and oxygen atoms in total. The molecule has 0 saturated heterocycles. The molecule has 3 aromatic rings. The molecule has 0 unspecified atom stereocenters. The fraction of sp³-hybridized carbons (Fsp3) is 0.333. The van der Waals surface area contributed by atoms with Crippen LogP contribution in [-0.2, 0) is 32.6 Å². The maximum absolute atomic E-state index is 14.1. The minimum Gasteiger partial charge on any atom is -0.352 e. The SMILES string of the molecule is CS(=O)(=O)N(CC(=O)N(Cc1cccc(Cl)c1)[C@H](Cc1ccccc1)C(=O)NC1CCCC1)c1ccc(I)cc1. The van der Waals surface area contributed by atoms with Gasteiger partial charge in [0.25, 0.3) is 0 Å². The van der Waals surface area contributed by atoms with Crippen LogP contribution in [-0.4, -0.2) is 50.0 Å². The van der Waals surface area contributed by atoms with Crippen molar-refractivity contribution in [3.8, 4) is 0 Å². The van der Waals surface area contributed by atoms with Crippen LogP contribution in [0.3, 0.4) is 0 Å². The fourth-order valence-electron chi connectivity index (χ4n) is 4.97. The zero-order valence-electron chi connectivity index (χ0n) is 22.3. The molecule has 1 saturated carbocycles. The zero-order valence-corrected chi connectivity index (χ0v) is 26.0. The molecule has 1 N–H and O–H groups in total. The van der Waals surface area contributed by atoms with E-state index in [-0.39, 0.29) is 24.9 Å². The van der Waals surface area contributed by atoms with Crippen molar-refractivity contribution in [2.75, 3.05) is 17.1 Å². The third kappa shape index (κ3) is 8.44. The molecule has 2 amide bonds. The number of hydrogen-bond acceptors (Lipinski definition) is 4. The van der Waals surface area contributed by atoms with Gasteiger partial charge in [-0.1, -0.05) is 66.9 Å². The molecule has 212 valence electrons. The Morgan fingerprint density at radius 2 is 1.62 bits per heavy atom. The van der Waals surface area contributed by atoms with Crippen LogP contribution in [0.1, 0.15) is 36.8 Å². The number of carbonyl (C=O) groups excluding carboxylic acids is 2. The van der Waals surface area contributed by atoms with Gasteiger partial charge in [0, 0.05) is 27.6 Å². The normalized spacial score (nSPS) is 14.5. The molecule has 0 spiro atoms. The van der Waals surface area contributed by atoms with Crippen molar-refractivity contribution in [2.24, 2.45) is 0 Å². The van der Waals surface area contributed by atoms with Gasteiger partial charge in [-0.3, -0.25) is 13.9 Å². The number of nitrogens with one attached hydrogen (secondary N) is 1. The predicted molar refractivity (Wildman–Crippen MR) is 168 cm³/mol. The van der Waals surface area contributed by atoms with E-state index < -0.39 is 28.5 Å². The van der Waals surface area contributed by atoms with E-state index in [0.29, 0.717) is 10.7 Å². The second-order valence-electron chi connectivity index (χ2n) is 10.1. The molecule has 0 aromatic heterocycles. The molecule has 0 heterocycles. The number of nitrogens with zero attached hydrogens (tertiary/aromatic N) is 2. The summed E-state index contributed by atoms with van der Waals surface area (Å²) in [4.78, 5) is 29.4. The van der Waals surface area contributed by atoms with Crippen molar-refractivity contribution >= 4 is 61.7 Å². The Kier molecular flexibility index (Phi) is 10.5. The summed E-state index contributed by atoms with van der Waals surface area (Å²) in [5, 5.41) is 3.67. The van der Waals surface area contributed by atoms with Crippen molar-refractivity contribution < 1.29 is 18.0 Å². The minimum absolute atomic E-state index is 0.0632. The summed E-state index contributed by atoms with van der Waals surface area (Å²) in [7, 11) is -3.80. The number of hydrogen-bond donors (Lipinski definition) is 1. The molecule has 1 fully saturated rings. The molecule has 40 heavy (non-hydrogen) atoms. The second-order valence-corrected chi connectivity index (χ2v) is 13.7. The molecule has 0 bridgehead atoms. The summed E-state index contributed by atoms with van der Waals surface area (Å²) >= 11 is 8.40. The first kappa shape index (κ1) is 30.3. The highest BCUT2D eigenvalue weighted by atomic mass is 127. The zero-order chi connectivity index (χ0) is 28.7. The molecule has 1 atom stereocenters. The Morgan fingerprint density at radius 3 is 2.25 bits per heavy atom. The van der Waals surface area contributed by atoms with Gasteiger partial charge in [-0.15, -0.1) is 0 Å². The third-order valence-corrected chi connectivity index (χ3v) is 9.10. The van der Waals surface area contributed by atoms with Crippen molar-refractivity contribution in [1.82, 2.24) is 10.2 Å². The van der Waals surface area contributed by atoms with Crippen LogP contribution in [0.5, 0.6) is 0 Å². The lowest BCUT2D eigenvalue weighted by molar-refractivity contribution is -0.140. The quantitative estimate of drug-likeness (QED) is 0.273. The number of amides is 2. The number of carbonyl (C=O) groups is 2. The standard InChI is InChI=1S/C30H33ClIN3O4S/c1-40(38,39)35(27-16-14-25(32)15-17-27)21-29(36)34(20-23-10-7-11-24(31)18-23)28(19-22-8-3-2-4-9-22)30(37)33-26-12-5-6-13-26/h2-4,7-11,14-18,26,28H,5-6,12-13,19-21H2,1H3,(H,33,37)/t28-/m1/s1. The fourth-order valence-corrected chi connectivity index (χ4v) is 6.40. The Morgan fingerprint density at radius 1 is 0.975 bits per heavy atom. The molecule has 3 aromatic carbocycles. The third-order valence-electron chi connectivity index (χ3n) is 7.01. The molecular weight excluding hydrogens is 661 g/mol. The van der Waals surface area contributed by atoms with Crippen LogP contribution < -0.4 is 9.62 Å². The Balaban J connectivity index is 1.72. The van der Waals surface area contributed by atoms with E-state index in [0.717, 1.165) is 50.9 Å². The number of benzene rings is 3. The van der Waals surface area contributed by atoms with Crippen LogP contribution >= 0.6 is 34.2 Å². The average Bonchev–Trinajstić information content (AvgIpc) is 3.43. The highest BCUT2D eigenvalue weighted by Crippen LogP contribution is 2.23. The molecule has 1 aliphatic rings. The van der Waals surface area contributed by atoms with Gasteiger partial charge in [-0.25, -0.2) is 8.42 Å². The van der Waals surface area contributed by atoms with Gasteiger partial charge in [0.1, 0.15) is 12.6 Å². The molecule has 1 aliphatic carbocycles. The Labute approximate surface area is 255 Å². The van der Waals surface area contributed by atoms with Crippen LogP contribution in [0.2, 0.25) is 5.02 Å². The van der Waals surface area contributed by atoms with Gasteiger partial charge in [-0.05, 0) is 83.0 Å². The summed E-state index contributed by atoms with van der Waals surface area (Å²) in [5.41, 5.74) is 2.03. The maximum atomic E-state index is 14.1. The van der Waals surface area contributed by atoms with Gasteiger partial charge >= 0.3 is 0 Å². The molecule has 0 aliphatic heterocycles. The van der Waals surface area contributed by atoms with Gasteiger partial charge in [0.2, 0.25) is 21.8 Å². The van der Waals surface area contributed by atoms with Crippen molar-refractivity contribution in [3.63, 3.8) is 0 Å². The van der Waals surface area contributed by atoms with Crippen LogP contribution in [0.4, 0.5) is 5.69 Å². The maximum Gasteiger partial charge on any atom is 0.244 e. The van der Waals surface area contributed by atoms with E-state index in [4.69, 9.17) is 11.6 Å². The van der Waals surface area contributed by atoms with E-state index >= 15 is 0 Å². The molecule has 4 rings (SSSR count). The lowest BCUT2D eigenvalue weighted by Gasteiger charge is -2.34. The summed E-state index contributed by atoms with van der Waals surface area (Å²) in [6.07, 6.45) is 5.28. The molecular formula is C30H33ClIN3O4S. The average molecular weight is 694 g/mol. The van der Waals surface area contributed by atoms with E-state index in [1.54, 1.807) is 42.5 Å². The van der Waals surface area contributed by atoms with Crippen LogP contribution in [0.15, 0.2) is 78.9 Å². The van der Waals surface area contributed by atoms with Crippen molar-refractivity contribution in [1.29, 1.82) is 0 Å². The smallest absolute Gasteiger partial charge is 0.244 e. The number of sulfonamides is 1.